The molecule has 0 aliphatic carbocycles. The maximum Gasteiger partial charge on any atom is 0.180 e. The van der Waals surface area contributed by atoms with Crippen LogP contribution < -0.4 is 0 Å². The zero-order valence-electron chi connectivity index (χ0n) is 48.8. The summed E-state index contributed by atoms with van der Waals surface area (Å²) < 4.78 is 67.1. The molecule has 0 aliphatic rings. The normalized spacial score (nSPS) is 11.4. The van der Waals surface area contributed by atoms with E-state index in [0.29, 0.717) is 24.0 Å². The van der Waals surface area contributed by atoms with Crippen molar-refractivity contribution < 1.29 is 25.9 Å². The van der Waals surface area contributed by atoms with Gasteiger partial charge in [-0.05, 0) is 122 Å². The van der Waals surface area contributed by atoms with Crippen LogP contribution in [0.5, 0.6) is 0 Å². The van der Waals surface area contributed by atoms with Crippen molar-refractivity contribution in [3.63, 3.8) is 0 Å². The quantitative estimate of drug-likeness (QED) is 0.0234. The van der Waals surface area contributed by atoms with E-state index < -0.39 is 20.2 Å². The van der Waals surface area contributed by atoms with Gasteiger partial charge in [-0.15, -0.1) is 0 Å². The molecule has 8 aromatic carbocycles. The summed E-state index contributed by atoms with van der Waals surface area (Å²) in [5, 5.41) is 0. The Labute approximate surface area is 509 Å². The van der Waals surface area contributed by atoms with Crippen molar-refractivity contribution in [3.8, 4) is 0 Å². The fraction of sp³-hybridized carbons (Fsp3) is 0.333. The van der Waals surface area contributed by atoms with Gasteiger partial charge in [0.1, 0.15) is 42.0 Å². The first-order valence-corrected chi connectivity index (χ1v) is 36.2. The molecule has 0 fully saturated rings. The average Bonchev–Trinajstić information content (AvgIpc) is 3.61. The van der Waals surface area contributed by atoms with Crippen LogP contribution in [0, 0.1) is 0 Å². The third-order valence-electron chi connectivity index (χ3n) is 14.4. The zero-order chi connectivity index (χ0) is 58.8. The highest BCUT2D eigenvalue weighted by molar-refractivity contribution is 8.02. The lowest BCUT2D eigenvalue weighted by Gasteiger charge is -2.14. The van der Waals surface area contributed by atoms with Gasteiger partial charge in [0.2, 0.25) is 0 Å². The van der Waals surface area contributed by atoms with E-state index in [1.807, 2.05) is 11.8 Å². The summed E-state index contributed by atoms with van der Waals surface area (Å²) in [6.45, 7) is 4.46. The summed E-state index contributed by atoms with van der Waals surface area (Å²) in [5.74, 6) is 0. The Morgan fingerprint density at radius 1 is 0.301 bits per heavy atom. The Hall–Kier alpha value is -5.37. The number of unbranched alkanes of at least 4 members (excludes halogenated alkanes) is 18. The summed E-state index contributed by atoms with van der Waals surface area (Å²) in [5.41, 5.74) is 1.33. The van der Waals surface area contributed by atoms with Crippen LogP contribution in [-0.4, -0.2) is 25.9 Å². The molecule has 0 atom stereocenters. The first kappa shape index (κ1) is 66.8. The smallest absolute Gasteiger partial charge is 0.180 e. The molecule has 0 aliphatic heterocycles. The monoisotopic (exact) mass is 1210 g/mol. The Morgan fingerprint density at radius 2 is 0.542 bits per heavy atom. The lowest BCUT2D eigenvalue weighted by Crippen LogP contribution is -2.07. The molecule has 0 spiro atoms. The minimum Gasteiger partial charge on any atom is -0.744 e. The van der Waals surface area contributed by atoms with E-state index in [4.69, 9.17) is 0 Å². The van der Waals surface area contributed by atoms with E-state index in [-0.39, 0.29) is 31.6 Å². The van der Waals surface area contributed by atoms with Crippen molar-refractivity contribution in [1.29, 1.82) is 0 Å². The van der Waals surface area contributed by atoms with Gasteiger partial charge in [0.15, 0.2) is 29.4 Å². The molecule has 0 amide bonds. The van der Waals surface area contributed by atoms with Gasteiger partial charge in [-0.2, -0.15) is 0 Å². The number of benzene rings is 8. The van der Waals surface area contributed by atoms with E-state index in [1.54, 1.807) is 36.4 Å². The number of hydrogen-bond acceptors (Lipinski definition) is 7. The minimum atomic E-state index is -4.35. The fourth-order valence-corrected chi connectivity index (χ4v) is 17.4. The van der Waals surface area contributed by atoms with Crippen LogP contribution in [0.25, 0.3) is 0 Å². The molecular weight excluding hydrogens is 1120 g/mol. The Kier molecular flexibility index (Phi) is 30.4. The molecule has 0 saturated carbocycles. The van der Waals surface area contributed by atoms with Crippen molar-refractivity contribution in [1.82, 2.24) is 0 Å². The van der Waals surface area contributed by atoms with E-state index in [0.717, 1.165) is 25.7 Å². The molecule has 0 radical (unpaired) electrons. The zero-order valence-corrected chi connectivity index (χ0v) is 52.9. The lowest BCUT2D eigenvalue weighted by atomic mass is 10.0. The predicted octanol–water partition coefficient (Wildman–Crippen LogP) is 20.1. The van der Waals surface area contributed by atoms with E-state index >= 15 is 0 Å². The van der Waals surface area contributed by atoms with Crippen LogP contribution in [0.1, 0.15) is 153 Å². The molecule has 0 aromatic heterocycles. The SMILES string of the molecule is CCCCCCCCCCCCc1ccccc1S(=O)(=O)[O-].CCCCCCCCCCCCc1ccccc1S(=O)(=O)[O-].c1ccc([S+](c2ccccc2)c2ccccc2Sc2ccccc2[S+](c2ccccc2)c2ccccc2)cc1. The summed E-state index contributed by atoms with van der Waals surface area (Å²) >= 11 is 1.89. The highest BCUT2D eigenvalue weighted by atomic mass is 32.2. The second-order valence-electron chi connectivity index (χ2n) is 20.8. The predicted molar refractivity (Wildman–Crippen MR) is 347 cm³/mol. The Bertz CT molecular complexity index is 2970. The molecule has 0 N–H and O–H groups in total. The average molecular weight is 1210 g/mol. The Balaban J connectivity index is 0.000000216. The second kappa shape index (κ2) is 37.8. The van der Waals surface area contributed by atoms with Crippen LogP contribution in [0.15, 0.2) is 267 Å². The van der Waals surface area contributed by atoms with Crippen LogP contribution in [0.2, 0.25) is 0 Å². The number of aryl methyl sites for hydroxylation is 2. The van der Waals surface area contributed by atoms with Gasteiger partial charge in [0.05, 0.1) is 19.6 Å². The second-order valence-corrected chi connectivity index (χ2v) is 28.6. The van der Waals surface area contributed by atoms with Crippen LogP contribution >= 0.6 is 11.8 Å². The molecule has 83 heavy (non-hydrogen) atoms. The first-order valence-electron chi connectivity index (χ1n) is 30.1. The van der Waals surface area contributed by atoms with Gasteiger partial charge >= 0.3 is 0 Å². The molecule has 0 bridgehead atoms. The lowest BCUT2D eigenvalue weighted by molar-refractivity contribution is 0.459. The van der Waals surface area contributed by atoms with Crippen LogP contribution in [0.3, 0.4) is 0 Å². The molecular formula is C72H86O6S5. The fourth-order valence-electron chi connectivity index (χ4n) is 10.0. The van der Waals surface area contributed by atoms with Gasteiger partial charge in [0, 0.05) is 0 Å². The maximum atomic E-state index is 11.2. The van der Waals surface area contributed by atoms with Crippen molar-refractivity contribution in [3.05, 3.63) is 230 Å². The summed E-state index contributed by atoms with van der Waals surface area (Å²) in [6, 6.07) is 74.6. The summed E-state index contributed by atoms with van der Waals surface area (Å²) in [7, 11) is -9.11. The minimum absolute atomic E-state index is 0.0501. The highest BCUT2D eigenvalue weighted by Gasteiger charge is 2.34. The molecule has 8 rings (SSSR count). The van der Waals surface area contributed by atoms with Crippen molar-refractivity contribution in [2.75, 3.05) is 0 Å². The largest absolute Gasteiger partial charge is 0.744 e. The standard InChI is InChI=1S/C36H28S3.2C18H30O3S/c1-5-17-29(18-6-1)38(30-19-7-2-8-20-30)35-27-15-13-25-33(35)37-34-26-14-16-28-36(34)39(31-21-9-3-10-22-31)32-23-11-4-12-24-32;2*1-2-3-4-5-6-7-8-9-10-11-14-17-15-12-13-16-18(17)22(19,20)21/h1-28H;2*12-13,15-16H,2-11,14H2,1H3,(H,19,20,21)/q+2;;/p-2. The van der Waals surface area contributed by atoms with Gasteiger partial charge in [-0.3, -0.25) is 0 Å². The molecule has 440 valence electrons. The summed E-state index contributed by atoms with van der Waals surface area (Å²) in [4.78, 5) is 10.5. The number of rotatable bonds is 32. The number of hydrogen-bond donors (Lipinski definition) is 0. The Morgan fingerprint density at radius 3 is 0.831 bits per heavy atom. The molecule has 6 nitrogen and oxygen atoms in total. The first-order chi connectivity index (χ1) is 40.5. The van der Waals surface area contributed by atoms with Gasteiger partial charge in [-0.1, -0.05) is 275 Å². The highest BCUT2D eigenvalue weighted by Crippen LogP contribution is 2.44. The molecule has 0 heterocycles. The van der Waals surface area contributed by atoms with E-state index in [2.05, 4.69) is 184 Å². The van der Waals surface area contributed by atoms with Crippen molar-refractivity contribution in [2.45, 2.75) is 204 Å². The van der Waals surface area contributed by atoms with E-state index in [9.17, 15) is 25.9 Å². The topological polar surface area (TPSA) is 114 Å². The molecule has 0 saturated heterocycles. The van der Waals surface area contributed by atoms with Crippen molar-refractivity contribution >= 4 is 53.8 Å². The third-order valence-corrected chi connectivity index (χ3v) is 22.2. The summed E-state index contributed by atoms with van der Waals surface area (Å²) in [6.07, 6.45) is 26.3. The maximum absolute atomic E-state index is 11.2. The van der Waals surface area contributed by atoms with Gasteiger partial charge in [-0.25, -0.2) is 16.8 Å². The molecule has 8 aromatic rings. The van der Waals surface area contributed by atoms with Crippen LogP contribution in [-0.2, 0) is 54.9 Å². The van der Waals surface area contributed by atoms with E-state index in [1.165, 1.54) is 154 Å². The van der Waals surface area contributed by atoms with Crippen LogP contribution in [0.4, 0.5) is 0 Å². The van der Waals surface area contributed by atoms with Gasteiger partial charge < -0.3 is 9.11 Å². The third kappa shape index (κ3) is 23.5. The van der Waals surface area contributed by atoms with Crippen molar-refractivity contribution in [2.24, 2.45) is 0 Å². The van der Waals surface area contributed by atoms with Gasteiger partial charge in [0.25, 0.3) is 0 Å². The molecule has 11 heteroatoms. The molecule has 0 unspecified atom stereocenters.